The number of amides is 2. The van der Waals surface area contributed by atoms with E-state index >= 15 is 0 Å². The fourth-order valence-electron chi connectivity index (χ4n) is 4.22. The van der Waals surface area contributed by atoms with Crippen molar-refractivity contribution in [3.63, 3.8) is 0 Å². The predicted octanol–water partition coefficient (Wildman–Crippen LogP) is 5.59. The largest absolute Gasteiger partial charge is 0.354 e. The van der Waals surface area contributed by atoms with Gasteiger partial charge in [-0.1, -0.05) is 89.9 Å². The van der Waals surface area contributed by atoms with Gasteiger partial charge in [0.25, 0.3) is 0 Å². The molecule has 0 bridgehead atoms. The van der Waals surface area contributed by atoms with Crippen molar-refractivity contribution in [2.75, 3.05) is 23.7 Å². The van der Waals surface area contributed by atoms with Gasteiger partial charge < -0.3 is 10.2 Å². The minimum Gasteiger partial charge on any atom is -0.354 e. The van der Waals surface area contributed by atoms with E-state index in [1.54, 1.807) is 25.1 Å². The van der Waals surface area contributed by atoms with Crippen molar-refractivity contribution < 1.29 is 18.0 Å². The Bertz CT molecular complexity index is 1420. The summed E-state index contributed by atoms with van der Waals surface area (Å²) < 4.78 is 27.8. The maximum absolute atomic E-state index is 14.1. The van der Waals surface area contributed by atoms with Gasteiger partial charge in [-0.25, -0.2) is 8.42 Å². The predicted molar refractivity (Wildman–Crippen MR) is 165 cm³/mol. The molecule has 0 aliphatic heterocycles. The Hall–Kier alpha value is -2.88. The molecule has 0 heterocycles. The van der Waals surface area contributed by atoms with E-state index in [0.717, 1.165) is 26.2 Å². The highest BCUT2D eigenvalue weighted by molar-refractivity contribution is 9.10. The fourth-order valence-corrected chi connectivity index (χ4v) is 5.56. The summed E-state index contributed by atoms with van der Waals surface area (Å²) in [4.78, 5) is 29.2. The summed E-state index contributed by atoms with van der Waals surface area (Å²) in [6.45, 7) is 5.77. The van der Waals surface area contributed by atoms with Gasteiger partial charge >= 0.3 is 0 Å². The van der Waals surface area contributed by atoms with Crippen molar-refractivity contribution in [1.82, 2.24) is 10.2 Å². The highest BCUT2D eigenvalue weighted by Gasteiger charge is 2.33. The molecule has 40 heavy (non-hydrogen) atoms. The van der Waals surface area contributed by atoms with Crippen molar-refractivity contribution in [3.8, 4) is 0 Å². The third-order valence-corrected chi connectivity index (χ3v) is 8.47. The van der Waals surface area contributed by atoms with Crippen molar-refractivity contribution in [2.24, 2.45) is 5.92 Å². The number of hydrogen-bond acceptors (Lipinski definition) is 4. The molecule has 0 saturated carbocycles. The van der Waals surface area contributed by atoms with Crippen LogP contribution in [-0.2, 0) is 32.6 Å². The highest BCUT2D eigenvalue weighted by Crippen LogP contribution is 2.28. The SMILES string of the molecule is Cc1c(Cl)cccc1N(CC(=O)N(Cc1ccc(Br)cc1)C(Cc1ccccc1)C(=O)NCC(C)C)S(C)(=O)=O. The molecule has 0 saturated heterocycles. The monoisotopic (exact) mass is 647 g/mol. The van der Waals surface area contributed by atoms with Crippen LogP contribution in [0, 0.1) is 12.8 Å². The number of carbonyl (C=O) groups excluding carboxylic acids is 2. The first-order chi connectivity index (χ1) is 18.9. The molecule has 1 unspecified atom stereocenters. The van der Waals surface area contributed by atoms with E-state index in [0.29, 0.717) is 22.8 Å². The Morgan fingerprint density at radius 1 is 0.950 bits per heavy atom. The second-order valence-electron chi connectivity index (χ2n) is 10.1. The van der Waals surface area contributed by atoms with Gasteiger partial charge in [-0.05, 0) is 53.8 Å². The summed E-state index contributed by atoms with van der Waals surface area (Å²) in [5, 5.41) is 3.36. The molecule has 0 aliphatic carbocycles. The maximum atomic E-state index is 14.1. The number of nitrogens with zero attached hydrogens (tertiary/aromatic N) is 2. The first kappa shape index (κ1) is 31.6. The van der Waals surface area contributed by atoms with Gasteiger partial charge in [0, 0.05) is 29.0 Å². The third-order valence-electron chi connectivity index (χ3n) is 6.41. The summed E-state index contributed by atoms with van der Waals surface area (Å²) in [5.74, 6) is -0.593. The number of sulfonamides is 1. The van der Waals surface area contributed by atoms with Crippen LogP contribution in [0.3, 0.4) is 0 Å². The molecule has 7 nitrogen and oxygen atoms in total. The Labute approximate surface area is 250 Å². The molecule has 1 N–H and O–H groups in total. The zero-order chi connectivity index (χ0) is 29.4. The second kappa shape index (κ2) is 14.1. The van der Waals surface area contributed by atoms with Gasteiger partial charge in [0.1, 0.15) is 12.6 Å². The van der Waals surface area contributed by atoms with E-state index in [2.05, 4.69) is 21.2 Å². The standard InChI is InChI=1S/C30H35BrClN3O4S/c1-21(2)18-33-30(37)28(17-23-9-6-5-7-10-23)34(19-24-13-15-25(31)16-14-24)29(36)20-35(40(4,38)39)27-12-8-11-26(32)22(27)3/h5-16,21,28H,17-20H2,1-4H3,(H,33,37). The van der Waals surface area contributed by atoms with Crippen LogP contribution < -0.4 is 9.62 Å². The van der Waals surface area contributed by atoms with Crippen molar-refractivity contribution in [2.45, 2.75) is 39.8 Å². The Morgan fingerprint density at radius 2 is 1.60 bits per heavy atom. The third kappa shape index (κ3) is 8.81. The molecule has 0 aliphatic rings. The average Bonchev–Trinajstić information content (AvgIpc) is 2.90. The number of hydrogen-bond donors (Lipinski definition) is 1. The lowest BCUT2D eigenvalue weighted by Crippen LogP contribution is -2.53. The molecule has 214 valence electrons. The summed E-state index contributed by atoms with van der Waals surface area (Å²) in [6, 6.07) is 21.0. The van der Waals surface area contributed by atoms with Gasteiger partial charge in [0.15, 0.2) is 0 Å². The van der Waals surface area contributed by atoms with Crippen LogP contribution in [0.2, 0.25) is 5.02 Å². The minimum absolute atomic E-state index is 0.116. The molecule has 3 aromatic carbocycles. The molecular weight excluding hydrogens is 614 g/mol. The van der Waals surface area contributed by atoms with Crippen LogP contribution in [-0.4, -0.2) is 50.5 Å². The first-order valence-electron chi connectivity index (χ1n) is 12.9. The van der Waals surface area contributed by atoms with Gasteiger partial charge in [-0.2, -0.15) is 0 Å². The van der Waals surface area contributed by atoms with Crippen LogP contribution >= 0.6 is 27.5 Å². The van der Waals surface area contributed by atoms with E-state index in [1.807, 2.05) is 68.4 Å². The van der Waals surface area contributed by atoms with E-state index in [1.165, 1.54) is 4.90 Å². The second-order valence-corrected chi connectivity index (χ2v) is 13.4. The van der Waals surface area contributed by atoms with E-state index < -0.39 is 28.5 Å². The van der Waals surface area contributed by atoms with Gasteiger partial charge in [-0.3, -0.25) is 13.9 Å². The summed E-state index contributed by atoms with van der Waals surface area (Å²) in [7, 11) is -3.87. The molecule has 0 fully saturated rings. The van der Waals surface area contributed by atoms with Crippen LogP contribution in [0.5, 0.6) is 0 Å². The van der Waals surface area contributed by atoms with Crippen molar-refractivity contribution in [1.29, 1.82) is 0 Å². The van der Waals surface area contributed by atoms with Crippen LogP contribution in [0.4, 0.5) is 5.69 Å². The van der Waals surface area contributed by atoms with Crippen molar-refractivity contribution in [3.05, 3.63) is 99.0 Å². The highest BCUT2D eigenvalue weighted by atomic mass is 79.9. The molecular formula is C30H35BrClN3O4S. The quantitative estimate of drug-likeness (QED) is 0.278. The molecule has 0 aromatic heterocycles. The number of rotatable bonds is 12. The smallest absolute Gasteiger partial charge is 0.244 e. The van der Waals surface area contributed by atoms with E-state index in [-0.39, 0.29) is 24.8 Å². The molecule has 0 spiro atoms. The zero-order valence-electron chi connectivity index (χ0n) is 23.1. The molecule has 10 heteroatoms. The molecule has 3 aromatic rings. The average molecular weight is 649 g/mol. The van der Waals surface area contributed by atoms with Crippen LogP contribution in [0.1, 0.15) is 30.5 Å². The molecule has 0 radical (unpaired) electrons. The molecule has 1 atom stereocenters. The topological polar surface area (TPSA) is 86.8 Å². The first-order valence-corrected chi connectivity index (χ1v) is 16.0. The number of carbonyl (C=O) groups is 2. The molecule has 2 amide bonds. The Balaban J connectivity index is 2.07. The van der Waals surface area contributed by atoms with Gasteiger partial charge in [0.05, 0.1) is 11.9 Å². The number of halogens is 2. The van der Waals surface area contributed by atoms with Crippen LogP contribution in [0.25, 0.3) is 0 Å². The van der Waals surface area contributed by atoms with Gasteiger partial charge in [0.2, 0.25) is 21.8 Å². The van der Waals surface area contributed by atoms with Crippen molar-refractivity contribution >= 4 is 55.1 Å². The zero-order valence-corrected chi connectivity index (χ0v) is 26.3. The Kier molecular flexibility index (Phi) is 11.2. The maximum Gasteiger partial charge on any atom is 0.244 e. The Morgan fingerprint density at radius 3 is 2.20 bits per heavy atom. The lowest BCUT2D eigenvalue weighted by Gasteiger charge is -2.34. The fraction of sp³-hybridized carbons (Fsp3) is 0.333. The van der Waals surface area contributed by atoms with Crippen LogP contribution in [0.15, 0.2) is 77.3 Å². The number of benzene rings is 3. The number of nitrogens with one attached hydrogen (secondary N) is 1. The van der Waals surface area contributed by atoms with E-state index in [4.69, 9.17) is 11.6 Å². The lowest BCUT2D eigenvalue weighted by atomic mass is 10.0. The lowest BCUT2D eigenvalue weighted by molar-refractivity contribution is -0.140. The van der Waals surface area contributed by atoms with Gasteiger partial charge in [-0.15, -0.1) is 0 Å². The number of anilines is 1. The minimum atomic E-state index is -3.87. The summed E-state index contributed by atoms with van der Waals surface area (Å²) >= 11 is 9.73. The normalized spacial score (nSPS) is 12.2. The summed E-state index contributed by atoms with van der Waals surface area (Å²) in [5.41, 5.74) is 2.54. The summed E-state index contributed by atoms with van der Waals surface area (Å²) in [6.07, 6.45) is 1.32. The molecule has 3 rings (SSSR count). The van der Waals surface area contributed by atoms with E-state index in [9.17, 15) is 18.0 Å².